The van der Waals surface area contributed by atoms with E-state index in [1.807, 2.05) is 50.2 Å². The van der Waals surface area contributed by atoms with Crippen molar-refractivity contribution >= 4 is 35.1 Å². The van der Waals surface area contributed by atoms with Gasteiger partial charge in [-0.3, -0.25) is 9.59 Å². The molecule has 0 radical (unpaired) electrons. The summed E-state index contributed by atoms with van der Waals surface area (Å²) in [6, 6.07) is 20.0. The number of hydrogen-bond acceptors (Lipinski definition) is 6. The summed E-state index contributed by atoms with van der Waals surface area (Å²) in [4.78, 5) is 21.5. The Morgan fingerprint density at radius 1 is 0.625 bits per heavy atom. The van der Waals surface area contributed by atoms with Crippen molar-refractivity contribution in [3.05, 3.63) is 115 Å². The first-order valence-corrected chi connectivity index (χ1v) is 16.6. The van der Waals surface area contributed by atoms with Gasteiger partial charge < -0.3 is 30.3 Å². The van der Waals surface area contributed by atoms with Gasteiger partial charge in [0.15, 0.2) is 0 Å². The van der Waals surface area contributed by atoms with Gasteiger partial charge in [0.25, 0.3) is 0 Å². The lowest BCUT2D eigenvalue weighted by Crippen LogP contribution is -2.18. The molecule has 0 saturated carbocycles. The molecule has 4 rings (SSSR count). The largest absolute Gasteiger partial charge is 0.487 e. The van der Waals surface area contributed by atoms with Gasteiger partial charge in [-0.15, -0.1) is 0 Å². The Morgan fingerprint density at radius 2 is 1.02 bits per heavy atom. The molecule has 0 aliphatic rings. The molecule has 0 aromatic heterocycles. The lowest BCUT2D eigenvalue weighted by Gasteiger charge is -2.18. The molecule has 4 aromatic carbocycles. The maximum absolute atomic E-state index is 10.8. The SMILES string of the molecule is Cc1cc(OCc2cccc(-c3cccc(COc4cc(C)c(CNCCC(=O)O)cc4Cl)c3C)c2C)c(Cl)cc1CNCCC(=O)O. The zero-order valence-corrected chi connectivity index (χ0v) is 29.2. The third kappa shape index (κ3) is 9.97. The van der Waals surface area contributed by atoms with Gasteiger partial charge in [0, 0.05) is 26.2 Å². The van der Waals surface area contributed by atoms with Crippen molar-refractivity contribution in [2.75, 3.05) is 13.1 Å². The number of aliphatic carboxylic acids is 2. The van der Waals surface area contributed by atoms with Crippen LogP contribution in [0.15, 0.2) is 60.7 Å². The molecule has 0 unspecified atom stereocenters. The van der Waals surface area contributed by atoms with E-state index >= 15 is 0 Å². The van der Waals surface area contributed by atoms with Crippen LogP contribution < -0.4 is 20.1 Å². The molecule has 0 spiro atoms. The fourth-order valence-corrected chi connectivity index (χ4v) is 5.89. The molecule has 8 nitrogen and oxygen atoms in total. The number of rotatable bonds is 17. The van der Waals surface area contributed by atoms with Crippen LogP contribution in [0.1, 0.15) is 57.3 Å². The van der Waals surface area contributed by atoms with Crippen LogP contribution in [0.25, 0.3) is 11.1 Å². The van der Waals surface area contributed by atoms with E-state index < -0.39 is 11.9 Å². The van der Waals surface area contributed by atoms with Crippen LogP contribution in [0.5, 0.6) is 11.5 Å². The Morgan fingerprint density at radius 3 is 1.40 bits per heavy atom. The summed E-state index contributed by atoms with van der Waals surface area (Å²) in [5.74, 6) is -0.475. The Labute approximate surface area is 292 Å². The predicted octanol–water partition coefficient (Wildman–Crippen LogP) is 8.18. The van der Waals surface area contributed by atoms with Gasteiger partial charge >= 0.3 is 11.9 Å². The number of carboxylic acid groups (broad SMARTS) is 2. The number of aryl methyl sites for hydroxylation is 2. The normalized spacial score (nSPS) is 11.0. The van der Waals surface area contributed by atoms with Gasteiger partial charge in [-0.25, -0.2) is 0 Å². The Kier molecular flexibility index (Phi) is 13.3. The van der Waals surface area contributed by atoms with Crippen molar-refractivity contribution in [2.24, 2.45) is 0 Å². The molecule has 254 valence electrons. The minimum atomic E-state index is -0.835. The van der Waals surface area contributed by atoms with Gasteiger partial charge in [-0.1, -0.05) is 59.6 Å². The van der Waals surface area contributed by atoms with Gasteiger partial charge in [0.2, 0.25) is 0 Å². The number of halogens is 2. The Balaban J connectivity index is 1.43. The predicted molar refractivity (Wildman–Crippen MR) is 190 cm³/mol. The van der Waals surface area contributed by atoms with E-state index in [1.165, 1.54) is 0 Å². The van der Waals surface area contributed by atoms with Crippen molar-refractivity contribution in [3.8, 4) is 22.6 Å². The van der Waals surface area contributed by atoms with Crippen LogP contribution in [0.2, 0.25) is 10.0 Å². The van der Waals surface area contributed by atoms with E-state index in [1.54, 1.807) is 0 Å². The number of benzene rings is 4. The number of ether oxygens (including phenoxy) is 2. The Hall–Kier alpha value is -4.08. The van der Waals surface area contributed by atoms with Crippen molar-refractivity contribution < 1.29 is 29.3 Å². The number of carboxylic acids is 2. The molecule has 0 aliphatic carbocycles. The second kappa shape index (κ2) is 17.4. The van der Waals surface area contributed by atoms with Gasteiger partial charge in [0.1, 0.15) is 24.7 Å². The second-order valence-corrected chi connectivity index (χ2v) is 12.6. The average molecular weight is 694 g/mol. The molecule has 0 heterocycles. The zero-order chi connectivity index (χ0) is 34.8. The molecule has 10 heteroatoms. The monoisotopic (exact) mass is 692 g/mol. The number of hydrogen-bond donors (Lipinski definition) is 4. The standard InChI is InChI=1S/C38H42Cl2N2O6/c1-23-15-35(33(39)17-29(23)19-41-13-11-37(43)44)47-21-27-7-5-9-31(25(27)3)32-10-6-8-28(26(32)4)22-48-36-16-24(2)30(18-34(36)40)20-42-14-12-38(45)46/h5-10,15-18,41-42H,11-14,19-22H2,1-4H3,(H,43,44)(H,45,46). The fraction of sp³-hybridized carbons (Fsp3) is 0.316. The van der Waals surface area contributed by atoms with E-state index in [0.29, 0.717) is 60.9 Å². The molecule has 48 heavy (non-hydrogen) atoms. The van der Waals surface area contributed by atoms with E-state index in [9.17, 15) is 9.59 Å². The molecule has 0 bridgehead atoms. The van der Waals surface area contributed by atoms with Crippen LogP contribution in [-0.2, 0) is 35.9 Å². The second-order valence-electron chi connectivity index (χ2n) is 11.8. The molecule has 0 amide bonds. The minimum Gasteiger partial charge on any atom is -0.487 e. The van der Waals surface area contributed by atoms with Crippen LogP contribution in [0.4, 0.5) is 0 Å². The van der Waals surface area contributed by atoms with Crippen molar-refractivity contribution in [2.45, 2.75) is 66.8 Å². The van der Waals surface area contributed by atoms with Crippen LogP contribution >= 0.6 is 23.2 Å². The van der Waals surface area contributed by atoms with Crippen molar-refractivity contribution in [1.82, 2.24) is 10.6 Å². The Bertz CT molecular complexity index is 1650. The lowest BCUT2D eigenvalue weighted by molar-refractivity contribution is -0.137. The minimum absolute atomic E-state index is 0.0616. The van der Waals surface area contributed by atoms with Gasteiger partial charge in [-0.2, -0.15) is 0 Å². The highest BCUT2D eigenvalue weighted by molar-refractivity contribution is 6.32. The summed E-state index contributed by atoms with van der Waals surface area (Å²) in [6.07, 6.45) is 0.123. The summed E-state index contributed by atoms with van der Waals surface area (Å²) in [6.45, 7) is 10.7. The summed E-state index contributed by atoms with van der Waals surface area (Å²) < 4.78 is 12.4. The average Bonchev–Trinajstić information content (AvgIpc) is 3.04. The maximum atomic E-state index is 10.8. The lowest BCUT2D eigenvalue weighted by atomic mass is 9.92. The number of nitrogens with one attached hydrogen (secondary N) is 2. The van der Waals surface area contributed by atoms with Crippen LogP contribution in [0, 0.1) is 27.7 Å². The van der Waals surface area contributed by atoms with E-state index in [2.05, 4.69) is 48.7 Å². The summed E-state index contributed by atoms with van der Waals surface area (Å²) in [5.41, 5.74) is 10.5. The molecule has 0 fully saturated rings. The topological polar surface area (TPSA) is 117 Å². The molecule has 0 aliphatic heterocycles. The highest BCUT2D eigenvalue weighted by atomic mass is 35.5. The summed E-state index contributed by atoms with van der Waals surface area (Å²) in [7, 11) is 0. The first-order chi connectivity index (χ1) is 22.9. The molecule has 4 aromatic rings. The van der Waals surface area contributed by atoms with Crippen molar-refractivity contribution in [1.29, 1.82) is 0 Å². The van der Waals surface area contributed by atoms with Crippen LogP contribution in [-0.4, -0.2) is 35.2 Å². The van der Waals surface area contributed by atoms with Gasteiger partial charge in [-0.05, 0) is 108 Å². The molecule has 4 N–H and O–H groups in total. The van der Waals surface area contributed by atoms with E-state index in [-0.39, 0.29) is 12.8 Å². The third-order valence-electron chi connectivity index (χ3n) is 8.39. The quantitative estimate of drug-likeness (QED) is 0.0819. The van der Waals surface area contributed by atoms with Crippen molar-refractivity contribution in [3.63, 3.8) is 0 Å². The summed E-state index contributed by atoms with van der Waals surface area (Å²) in [5, 5.41) is 25.0. The zero-order valence-electron chi connectivity index (χ0n) is 27.7. The number of carbonyl (C=O) groups is 2. The third-order valence-corrected chi connectivity index (χ3v) is 8.98. The first kappa shape index (κ1) is 36.8. The molecular formula is C38H42Cl2N2O6. The highest BCUT2D eigenvalue weighted by Crippen LogP contribution is 2.34. The smallest absolute Gasteiger partial charge is 0.304 e. The molecule has 0 atom stereocenters. The molecule has 0 saturated heterocycles. The highest BCUT2D eigenvalue weighted by Gasteiger charge is 2.15. The van der Waals surface area contributed by atoms with Crippen LogP contribution in [0.3, 0.4) is 0 Å². The molecular weight excluding hydrogens is 651 g/mol. The van der Waals surface area contributed by atoms with E-state index in [0.717, 1.165) is 55.6 Å². The fourth-order valence-electron chi connectivity index (χ4n) is 5.41. The van der Waals surface area contributed by atoms with E-state index in [4.69, 9.17) is 42.9 Å². The summed E-state index contributed by atoms with van der Waals surface area (Å²) >= 11 is 13.2. The van der Waals surface area contributed by atoms with Gasteiger partial charge in [0.05, 0.1) is 22.9 Å². The maximum Gasteiger partial charge on any atom is 0.304 e. The first-order valence-electron chi connectivity index (χ1n) is 15.8.